The number of carbonyl (C=O) groups is 3. The molecule has 11 nitrogen and oxygen atoms in total. The number of nitrogens with two attached hydrogens (primary N) is 1. The number of benzene rings is 1. The minimum absolute atomic E-state index is 0.0879. The molecule has 1 aromatic carbocycles. The first-order valence-electron chi connectivity index (χ1n) is 14.4. The highest BCUT2D eigenvalue weighted by atomic mass is 16.3. The first-order chi connectivity index (χ1) is 19.2. The lowest BCUT2D eigenvalue weighted by molar-refractivity contribution is -0.184. The fraction of sp³-hybridized carbons (Fsp3) is 0.633. The van der Waals surface area contributed by atoms with Crippen molar-refractivity contribution in [3.63, 3.8) is 0 Å². The summed E-state index contributed by atoms with van der Waals surface area (Å²) in [6, 6.07) is 0.955. The zero-order valence-electron chi connectivity index (χ0n) is 24.8. The van der Waals surface area contributed by atoms with Gasteiger partial charge in [-0.05, 0) is 56.9 Å². The lowest BCUT2D eigenvalue weighted by Crippen LogP contribution is -2.73. The Hall–Kier alpha value is -2.99. The average Bonchev–Trinajstić information content (AvgIpc) is 2.89. The van der Waals surface area contributed by atoms with Crippen molar-refractivity contribution in [2.24, 2.45) is 29.4 Å². The van der Waals surface area contributed by atoms with Gasteiger partial charge >= 0.3 is 0 Å². The molecule has 0 radical (unpaired) electrons. The van der Waals surface area contributed by atoms with Crippen LogP contribution >= 0.6 is 0 Å². The highest BCUT2D eigenvalue weighted by Crippen LogP contribution is 2.53. The van der Waals surface area contributed by atoms with Gasteiger partial charge in [-0.3, -0.25) is 14.4 Å². The summed E-state index contributed by atoms with van der Waals surface area (Å²) >= 11 is 0. The van der Waals surface area contributed by atoms with Crippen molar-refractivity contribution in [1.29, 1.82) is 0 Å². The molecule has 0 aliphatic heterocycles. The standard InChI is InChI=1S/C30H44N4O7/c1-7-14(8-2)12-32-13-16-11-19(33(3)4)17-9-15-10-18-23(34(5)6)26(37)22(29(31)40)28(39)30(18,41)27(38)20(15)25(36)21(17)24(16)35/h11,14-15,18,22-23,26,32,35-37,41H,7-10,12-13H2,1-6H3,(H2,31,40)/t15-,18-,22?,23?,26?,30-/m1/s1. The number of aliphatic hydroxyl groups excluding tert-OH is 2. The van der Waals surface area contributed by atoms with Crippen molar-refractivity contribution in [3.8, 4) is 5.75 Å². The van der Waals surface area contributed by atoms with Crippen molar-refractivity contribution in [2.45, 2.75) is 63.8 Å². The topological polar surface area (TPSA) is 177 Å². The van der Waals surface area contributed by atoms with E-state index in [0.717, 1.165) is 25.1 Å². The van der Waals surface area contributed by atoms with E-state index in [4.69, 9.17) is 5.73 Å². The molecule has 41 heavy (non-hydrogen) atoms. The number of aromatic hydroxyl groups is 1. The number of phenols is 1. The Bertz CT molecular complexity index is 1270. The number of nitrogens with one attached hydrogen (secondary N) is 1. The van der Waals surface area contributed by atoms with Crippen LogP contribution in [0.4, 0.5) is 5.69 Å². The first-order valence-corrected chi connectivity index (χ1v) is 14.4. The molecule has 11 heteroatoms. The first kappa shape index (κ1) is 31.0. The number of hydrogen-bond acceptors (Lipinski definition) is 10. The molecular weight excluding hydrogens is 528 g/mol. The van der Waals surface area contributed by atoms with Crippen molar-refractivity contribution in [2.75, 3.05) is 39.6 Å². The predicted molar refractivity (Wildman–Crippen MR) is 154 cm³/mol. The summed E-state index contributed by atoms with van der Waals surface area (Å²) in [6.07, 6.45) is 0.872. The number of primary amides is 1. The molecule has 0 heterocycles. The number of Topliss-reactive ketones (excluding diaryl/α,β-unsaturated/α-hetero) is 2. The van der Waals surface area contributed by atoms with Crippen molar-refractivity contribution in [3.05, 3.63) is 28.3 Å². The quantitative estimate of drug-likeness (QED) is 0.231. The Morgan fingerprint density at radius 2 is 1.80 bits per heavy atom. The number of hydrogen-bond donors (Lipinski definition) is 6. The summed E-state index contributed by atoms with van der Waals surface area (Å²) < 4.78 is 0. The lowest BCUT2D eigenvalue weighted by atomic mass is 9.54. The van der Waals surface area contributed by atoms with Crippen molar-refractivity contribution < 1.29 is 34.8 Å². The van der Waals surface area contributed by atoms with Gasteiger partial charge in [-0.2, -0.15) is 0 Å². The van der Waals surface area contributed by atoms with Gasteiger partial charge in [0.1, 0.15) is 17.4 Å². The number of ketones is 2. The normalized spacial score (nSPS) is 29.5. The van der Waals surface area contributed by atoms with E-state index in [0.29, 0.717) is 23.6 Å². The van der Waals surface area contributed by atoms with Gasteiger partial charge in [0.2, 0.25) is 11.7 Å². The van der Waals surface area contributed by atoms with E-state index in [1.165, 1.54) is 0 Å². The SMILES string of the molecule is CCC(CC)CNCc1cc(N(C)C)c2c(c1O)C(O)=C1C(=O)[C@@]3(O)C(=O)C(C(N)=O)C(O)C(N(C)C)[C@H]3C[C@H]1C2. The van der Waals surface area contributed by atoms with E-state index in [1.54, 1.807) is 19.0 Å². The second-order valence-corrected chi connectivity index (χ2v) is 12.3. The monoisotopic (exact) mass is 572 g/mol. The third kappa shape index (κ3) is 4.82. The van der Waals surface area contributed by atoms with E-state index in [9.17, 15) is 34.8 Å². The number of anilines is 1. The number of amides is 1. The summed E-state index contributed by atoms with van der Waals surface area (Å²) in [6.45, 7) is 5.34. The van der Waals surface area contributed by atoms with Crippen LogP contribution in [-0.2, 0) is 27.3 Å². The van der Waals surface area contributed by atoms with E-state index in [-0.39, 0.29) is 29.7 Å². The van der Waals surface area contributed by atoms with Crippen molar-refractivity contribution >= 4 is 28.9 Å². The highest BCUT2D eigenvalue weighted by Gasteiger charge is 2.67. The number of fused-ring (bicyclic) bond motifs is 3. The van der Waals surface area contributed by atoms with E-state index < -0.39 is 58.7 Å². The summed E-state index contributed by atoms with van der Waals surface area (Å²) in [4.78, 5) is 43.3. The second-order valence-electron chi connectivity index (χ2n) is 12.3. The molecule has 6 atom stereocenters. The van der Waals surface area contributed by atoms with Gasteiger partial charge in [0.05, 0.1) is 11.7 Å². The van der Waals surface area contributed by atoms with Gasteiger partial charge in [0.25, 0.3) is 0 Å². The largest absolute Gasteiger partial charge is 0.507 e. The molecule has 0 spiro atoms. The van der Waals surface area contributed by atoms with Gasteiger partial charge in [0.15, 0.2) is 11.4 Å². The number of carbonyl (C=O) groups excluding carboxylic acids is 3. The molecule has 1 amide bonds. The van der Waals surface area contributed by atoms with Crippen LogP contribution in [0.15, 0.2) is 11.6 Å². The maximum absolute atomic E-state index is 14.1. The molecule has 7 N–H and O–H groups in total. The van der Waals surface area contributed by atoms with Gasteiger partial charge < -0.3 is 41.3 Å². The summed E-state index contributed by atoms with van der Waals surface area (Å²) in [5, 5.41) is 49.2. The summed E-state index contributed by atoms with van der Waals surface area (Å²) in [5.41, 5.74) is 4.71. The zero-order chi connectivity index (χ0) is 30.5. The molecule has 4 rings (SSSR count). The van der Waals surface area contributed by atoms with Gasteiger partial charge in [-0.1, -0.05) is 26.7 Å². The lowest BCUT2D eigenvalue weighted by Gasteiger charge is -2.53. The van der Waals surface area contributed by atoms with Crippen LogP contribution in [0.25, 0.3) is 5.76 Å². The predicted octanol–water partition coefficient (Wildman–Crippen LogP) is 0.721. The van der Waals surface area contributed by atoms with Crippen LogP contribution in [0.3, 0.4) is 0 Å². The van der Waals surface area contributed by atoms with E-state index >= 15 is 0 Å². The molecule has 2 saturated carbocycles. The summed E-state index contributed by atoms with van der Waals surface area (Å²) in [5.74, 6) is -6.90. The van der Waals surface area contributed by atoms with Crippen LogP contribution < -0.4 is 16.0 Å². The fourth-order valence-electron chi connectivity index (χ4n) is 7.23. The number of likely N-dealkylation sites (N-methyl/N-ethyl adjacent to an activating group) is 1. The Morgan fingerprint density at radius 3 is 2.34 bits per heavy atom. The Labute approximate surface area is 241 Å². The molecule has 0 bridgehead atoms. The molecule has 3 aliphatic carbocycles. The van der Waals surface area contributed by atoms with Gasteiger partial charge in [-0.25, -0.2) is 0 Å². The van der Waals surface area contributed by atoms with Gasteiger partial charge in [0, 0.05) is 49.4 Å². The Balaban J connectivity index is 1.84. The maximum Gasteiger partial charge on any atom is 0.230 e. The van der Waals surface area contributed by atoms with E-state index in [1.807, 2.05) is 25.1 Å². The maximum atomic E-state index is 14.1. The number of phenolic OH excluding ortho intramolecular Hbond substituents is 1. The highest BCUT2D eigenvalue weighted by molar-refractivity contribution is 6.25. The summed E-state index contributed by atoms with van der Waals surface area (Å²) in [7, 11) is 6.98. The third-order valence-electron chi connectivity index (χ3n) is 9.53. The number of nitrogens with zero attached hydrogens (tertiary/aromatic N) is 2. The Kier molecular flexibility index (Phi) is 8.57. The smallest absolute Gasteiger partial charge is 0.230 e. The Morgan fingerprint density at radius 1 is 1.17 bits per heavy atom. The van der Waals surface area contributed by atoms with Gasteiger partial charge in [-0.15, -0.1) is 0 Å². The van der Waals surface area contributed by atoms with Crippen molar-refractivity contribution in [1.82, 2.24) is 10.2 Å². The van der Waals surface area contributed by atoms with E-state index in [2.05, 4.69) is 19.2 Å². The molecule has 0 aromatic heterocycles. The second kappa shape index (κ2) is 11.4. The minimum Gasteiger partial charge on any atom is -0.507 e. The third-order valence-corrected chi connectivity index (χ3v) is 9.53. The number of rotatable bonds is 9. The average molecular weight is 573 g/mol. The van der Waals surface area contributed by atoms with Crippen LogP contribution in [0.1, 0.15) is 49.8 Å². The zero-order valence-corrected chi connectivity index (χ0v) is 24.8. The molecule has 0 saturated heterocycles. The molecule has 3 aliphatic rings. The van der Waals surface area contributed by atoms with Crippen LogP contribution in [0.2, 0.25) is 0 Å². The van der Waals surface area contributed by atoms with Crippen LogP contribution in [0.5, 0.6) is 5.75 Å². The number of aliphatic hydroxyl groups is 3. The van der Waals surface area contributed by atoms with Crippen LogP contribution in [0, 0.1) is 23.7 Å². The minimum atomic E-state index is -2.67. The molecule has 226 valence electrons. The fourth-order valence-corrected chi connectivity index (χ4v) is 7.23. The molecule has 3 unspecified atom stereocenters. The molecule has 2 fully saturated rings. The molecule has 1 aromatic rings. The van der Waals surface area contributed by atoms with Crippen LogP contribution in [-0.4, -0.2) is 95.3 Å². The molecular formula is C30H44N4O7.